The number of nitrogens with zero attached hydrogens (tertiary/aromatic N) is 1. The van der Waals surface area contributed by atoms with Gasteiger partial charge in [0.2, 0.25) is 10.0 Å². The van der Waals surface area contributed by atoms with Gasteiger partial charge in [0.15, 0.2) is 5.82 Å². The van der Waals surface area contributed by atoms with Crippen molar-refractivity contribution in [2.24, 2.45) is 0 Å². The van der Waals surface area contributed by atoms with Gasteiger partial charge in [-0.3, -0.25) is 9.82 Å². The minimum Gasteiger partial charge on any atom is -0.394 e. The van der Waals surface area contributed by atoms with Gasteiger partial charge in [-0.2, -0.15) is 5.10 Å². The van der Waals surface area contributed by atoms with Gasteiger partial charge in [0.05, 0.1) is 23.2 Å². The third-order valence-electron chi connectivity index (χ3n) is 2.68. The van der Waals surface area contributed by atoms with E-state index in [4.69, 9.17) is 10.5 Å². The van der Waals surface area contributed by atoms with Crippen molar-refractivity contribution in [2.45, 2.75) is 25.9 Å². The van der Waals surface area contributed by atoms with Crippen molar-refractivity contribution in [3.05, 3.63) is 5.69 Å². The zero-order valence-electron chi connectivity index (χ0n) is 9.56. The molecule has 8 heteroatoms. The van der Waals surface area contributed by atoms with Crippen molar-refractivity contribution in [3.8, 4) is 0 Å². The number of aromatic nitrogens is 2. The van der Waals surface area contributed by atoms with Crippen LogP contribution in [0.1, 0.15) is 18.5 Å². The number of hydrogen-bond donors (Lipinski definition) is 3. The van der Waals surface area contributed by atoms with Crippen LogP contribution in [0.4, 0.5) is 11.5 Å². The van der Waals surface area contributed by atoms with Crippen molar-refractivity contribution in [2.75, 3.05) is 22.8 Å². The summed E-state index contributed by atoms with van der Waals surface area (Å²) in [6.45, 7) is 2.35. The molecule has 1 fully saturated rings. The number of nitrogens with one attached hydrogen (secondary N) is 2. The zero-order chi connectivity index (χ0) is 12.5. The van der Waals surface area contributed by atoms with Gasteiger partial charge in [0.1, 0.15) is 0 Å². The molecule has 0 aliphatic carbocycles. The molecule has 1 aromatic heterocycles. The molecule has 0 spiro atoms. The lowest BCUT2D eigenvalue weighted by Crippen LogP contribution is -2.26. The number of rotatable bonds is 4. The molecule has 7 nitrogen and oxygen atoms in total. The number of H-pyrrole nitrogens is 1. The summed E-state index contributed by atoms with van der Waals surface area (Å²) >= 11 is 0. The van der Waals surface area contributed by atoms with Gasteiger partial charge < -0.3 is 10.5 Å². The van der Waals surface area contributed by atoms with E-state index in [1.165, 1.54) is 0 Å². The second kappa shape index (κ2) is 4.53. The van der Waals surface area contributed by atoms with Gasteiger partial charge in [0, 0.05) is 6.61 Å². The molecule has 0 saturated carbocycles. The molecule has 1 unspecified atom stereocenters. The molecule has 1 aliphatic rings. The molecule has 2 heterocycles. The number of anilines is 2. The highest BCUT2D eigenvalue weighted by molar-refractivity contribution is 7.92. The number of aryl methyl sites for hydroxylation is 1. The lowest BCUT2D eigenvalue weighted by atomic mass is 10.3. The van der Waals surface area contributed by atoms with Gasteiger partial charge in [-0.15, -0.1) is 0 Å². The Balaban J connectivity index is 2.04. The third-order valence-corrected chi connectivity index (χ3v) is 3.99. The first-order valence-corrected chi connectivity index (χ1v) is 7.06. The number of ether oxygens (including phenoxy) is 1. The van der Waals surface area contributed by atoms with Crippen molar-refractivity contribution in [3.63, 3.8) is 0 Å². The summed E-state index contributed by atoms with van der Waals surface area (Å²) in [7, 11) is -3.46. The van der Waals surface area contributed by atoms with E-state index in [1.807, 2.05) is 0 Å². The highest BCUT2D eigenvalue weighted by Crippen LogP contribution is 2.20. The fraction of sp³-hybridized carbons (Fsp3) is 0.667. The Morgan fingerprint density at radius 2 is 2.41 bits per heavy atom. The molecule has 0 bridgehead atoms. The quantitative estimate of drug-likeness (QED) is 0.717. The summed E-state index contributed by atoms with van der Waals surface area (Å²) < 4.78 is 31.3. The van der Waals surface area contributed by atoms with E-state index in [9.17, 15) is 8.42 Å². The van der Waals surface area contributed by atoms with Crippen molar-refractivity contribution >= 4 is 21.5 Å². The van der Waals surface area contributed by atoms with Crippen LogP contribution in [-0.2, 0) is 14.8 Å². The van der Waals surface area contributed by atoms with Crippen LogP contribution in [0.5, 0.6) is 0 Å². The largest absolute Gasteiger partial charge is 0.394 e. The van der Waals surface area contributed by atoms with E-state index in [2.05, 4.69) is 14.9 Å². The number of nitrogen functional groups attached to an aromatic ring is 1. The molecule has 4 N–H and O–H groups in total. The molecule has 2 rings (SSSR count). The smallest absolute Gasteiger partial charge is 0.236 e. The van der Waals surface area contributed by atoms with Crippen molar-refractivity contribution in [1.29, 1.82) is 0 Å². The van der Waals surface area contributed by atoms with Gasteiger partial charge in [-0.1, -0.05) is 0 Å². The molecule has 0 aromatic carbocycles. The van der Waals surface area contributed by atoms with Crippen LogP contribution in [-0.4, -0.2) is 37.1 Å². The Labute approximate surface area is 99.8 Å². The second-order valence-corrected chi connectivity index (χ2v) is 5.90. The van der Waals surface area contributed by atoms with Crippen LogP contribution in [0, 0.1) is 6.92 Å². The summed E-state index contributed by atoms with van der Waals surface area (Å²) in [6, 6.07) is 0. The van der Waals surface area contributed by atoms with Crippen molar-refractivity contribution in [1.82, 2.24) is 10.2 Å². The van der Waals surface area contributed by atoms with Crippen LogP contribution < -0.4 is 10.5 Å². The maximum Gasteiger partial charge on any atom is 0.236 e. The Kier molecular flexibility index (Phi) is 3.25. The SMILES string of the molecule is Cc1[nH]nc(NS(=O)(=O)CC2CCCO2)c1N. The highest BCUT2D eigenvalue weighted by Gasteiger charge is 2.24. The average Bonchev–Trinajstić information content (AvgIpc) is 2.83. The maximum atomic E-state index is 11.8. The normalized spacial score (nSPS) is 20.6. The van der Waals surface area contributed by atoms with Gasteiger partial charge in [-0.25, -0.2) is 8.42 Å². The molecule has 1 saturated heterocycles. The fourth-order valence-corrected chi connectivity index (χ4v) is 3.01. The van der Waals surface area contributed by atoms with Crippen LogP contribution in [0.2, 0.25) is 0 Å². The number of nitrogens with two attached hydrogens (primary N) is 1. The first-order chi connectivity index (χ1) is 7.98. The number of hydrogen-bond acceptors (Lipinski definition) is 5. The zero-order valence-corrected chi connectivity index (χ0v) is 10.4. The maximum absolute atomic E-state index is 11.8. The van der Waals surface area contributed by atoms with Crippen LogP contribution >= 0.6 is 0 Å². The minimum absolute atomic E-state index is 0.0572. The predicted molar refractivity (Wildman–Crippen MR) is 64.1 cm³/mol. The van der Waals surface area contributed by atoms with Gasteiger partial charge in [0.25, 0.3) is 0 Å². The molecule has 1 aliphatic heterocycles. The molecule has 96 valence electrons. The first kappa shape index (κ1) is 12.2. The molecule has 0 radical (unpaired) electrons. The van der Waals surface area contributed by atoms with Gasteiger partial charge in [-0.05, 0) is 19.8 Å². The third kappa shape index (κ3) is 2.89. The molecule has 1 atom stereocenters. The number of aromatic amines is 1. The van der Waals surface area contributed by atoms with E-state index >= 15 is 0 Å². The lowest BCUT2D eigenvalue weighted by Gasteiger charge is -2.10. The summed E-state index contributed by atoms with van der Waals surface area (Å²) in [4.78, 5) is 0. The van der Waals surface area contributed by atoms with Crippen LogP contribution in [0.3, 0.4) is 0 Å². The summed E-state index contributed by atoms with van der Waals surface area (Å²) in [5.74, 6) is 0.0960. The predicted octanol–water partition coefficient (Wildman–Crippen LogP) is 0.221. The monoisotopic (exact) mass is 260 g/mol. The highest BCUT2D eigenvalue weighted by atomic mass is 32.2. The first-order valence-electron chi connectivity index (χ1n) is 5.40. The van der Waals surface area contributed by atoms with Crippen molar-refractivity contribution < 1.29 is 13.2 Å². The van der Waals surface area contributed by atoms with E-state index in [1.54, 1.807) is 6.92 Å². The van der Waals surface area contributed by atoms with Crippen LogP contribution in [0.25, 0.3) is 0 Å². The topological polar surface area (TPSA) is 110 Å². The number of sulfonamides is 1. The summed E-state index contributed by atoms with van der Waals surface area (Å²) in [5.41, 5.74) is 6.62. The lowest BCUT2D eigenvalue weighted by molar-refractivity contribution is 0.127. The summed E-state index contributed by atoms with van der Waals surface area (Å²) in [5, 5.41) is 6.41. The van der Waals surface area contributed by atoms with E-state index in [0.29, 0.717) is 18.0 Å². The van der Waals surface area contributed by atoms with E-state index in [-0.39, 0.29) is 17.7 Å². The fourth-order valence-electron chi connectivity index (χ4n) is 1.73. The van der Waals surface area contributed by atoms with Crippen LogP contribution in [0.15, 0.2) is 0 Å². The molecule has 0 amide bonds. The molecular weight excluding hydrogens is 244 g/mol. The van der Waals surface area contributed by atoms with E-state index in [0.717, 1.165) is 12.8 Å². The minimum atomic E-state index is -3.46. The Bertz CT molecular complexity index is 490. The summed E-state index contributed by atoms with van der Waals surface area (Å²) in [6.07, 6.45) is 1.45. The Morgan fingerprint density at radius 1 is 1.65 bits per heavy atom. The van der Waals surface area contributed by atoms with E-state index < -0.39 is 10.0 Å². The van der Waals surface area contributed by atoms with Gasteiger partial charge >= 0.3 is 0 Å². The molecular formula is C9H16N4O3S. The average molecular weight is 260 g/mol. The standard InChI is InChI=1S/C9H16N4O3S/c1-6-8(10)9(12-11-6)13-17(14,15)5-7-3-2-4-16-7/h7H,2-5,10H2,1H3,(H2,11,12,13). The second-order valence-electron chi connectivity index (χ2n) is 4.13. The Hall–Kier alpha value is -1.28. The molecule has 17 heavy (non-hydrogen) atoms. The Morgan fingerprint density at radius 3 is 2.94 bits per heavy atom. The molecule has 1 aromatic rings.